The number of pyridine rings is 1. The largest absolute Gasteiger partial charge is 0.335 e. The number of aromatic nitrogens is 2. The lowest BCUT2D eigenvalue weighted by atomic mass is 10.0. The molecule has 1 aromatic carbocycles. The van der Waals surface area contributed by atoms with Crippen LogP contribution in [0.15, 0.2) is 55.4 Å². The van der Waals surface area contributed by atoms with Crippen molar-refractivity contribution in [2.24, 2.45) is 7.05 Å². The topological polar surface area (TPSA) is 64.0 Å². The Bertz CT molecular complexity index is 953. The maximum absolute atomic E-state index is 11.5. The SMILES string of the molecule is C=CC(=O)Nc1cnc2c(c1)c(-c1ccc(C(C)=O)cc1)cn2C. The molecule has 1 amide bonds. The minimum absolute atomic E-state index is 0.0376. The van der Waals surface area contributed by atoms with Crippen LogP contribution in [0, 0.1) is 0 Å². The Morgan fingerprint density at radius 2 is 1.96 bits per heavy atom. The number of benzene rings is 1. The molecule has 0 atom stereocenters. The molecule has 1 N–H and O–H groups in total. The van der Waals surface area contributed by atoms with Crippen molar-refractivity contribution >= 4 is 28.4 Å². The zero-order chi connectivity index (χ0) is 17.3. The summed E-state index contributed by atoms with van der Waals surface area (Å²) in [6.07, 6.45) is 4.82. The van der Waals surface area contributed by atoms with Crippen LogP contribution in [-0.2, 0) is 11.8 Å². The molecule has 120 valence electrons. The average Bonchev–Trinajstić information content (AvgIpc) is 2.91. The highest BCUT2D eigenvalue weighted by Gasteiger charge is 2.12. The fraction of sp³-hybridized carbons (Fsp3) is 0.105. The van der Waals surface area contributed by atoms with Gasteiger partial charge in [-0.15, -0.1) is 0 Å². The van der Waals surface area contributed by atoms with Gasteiger partial charge in [0.1, 0.15) is 5.65 Å². The first-order valence-electron chi connectivity index (χ1n) is 7.49. The van der Waals surface area contributed by atoms with Crippen LogP contribution in [0.2, 0.25) is 0 Å². The molecule has 0 saturated heterocycles. The van der Waals surface area contributed by atoms with Gasteiger partial charge in [-0.05, 0) is 24.6 Å². The van der Waals surface area contributed by atoms with E-state index in [-0.39, 0.29) is 11.7 Å². The van der Waals surface area contributed by atoms with Gasteiger partial charge in [0.15, 0.2) is 5.78 Å². The molecule has 24 heavy (non-hydrogen) atoms. The van der Waals surface area contributed by atoms with E-state index in [9.17, 15) is 9.59 Å². The highest BCUT2D eigenvalue weighted by Crippen LogP contribution is 2.31. The number of carbonyl (C=O) groups is 2. The number of fused-ring (bicyclic) bond motifs is 1. The van der Waals surface area contributed by atoms with Gasteiger partial charge in [0.25, 0.3) is 0 Å². The summed E-state index contributed by atoms with van der Waals surface area (Å²) < 4.78 is 1.93. The van der Waals surface area contributed by atoms with Gasteiger partial charge in [-0.1, -0.05) is 30.8 Å². The monoisotopic (exact) mass is 319 g/mol. The van der Waals surface area contributed by atoms with Crippen LogP contribution in [-0.4, -0.2) is 21.2 Å². The Labute approximate surface area is 139 Å². The number of Topliss-reactive ketones (excluding diaryl/α,β-unsaturated/α-hetero) is 1. The number of nitrogens with zero attached hydrogens (tertiary/aromatic N) is 2. The smallest absolute Gasteiger partial charge is 0.247 e. The minimum Gasteiger partial charge on any atom is -0.335 e. The van der Waals surface area contributed by atoms with Gasteiger partial charge in [-0.25, -0.2) is 4.98 Å². The fourth-order valence-corrected chi connectivity index (χ4v) is 2.64. The van der Waals surface area contributed by atoms with E-state index in [0.29, 0.717) is 11.3 Å². The lowest BCUT2D eigenvalue weighted by Crippen LogP contribution is -2.07. The second kappa shape index (κ2) is 6.12. The van der Waals surface area contributed by atoms with E-state index in [2.05, 4.69) is 16.9 Å². The van der Waals surface area contributed by atoms with Gasteiger partial charge < -0.3 is 9.88 Å². The first-order valence-corrected chi connectivity index (χ1v) is 7.49. The molecule has 0 aliphatic carbocycles. The third-order valence-electron chi connectivity index (χ3n) is 3.87. The van der Waals surface area contributed by atoms with Crippen LogP contribution in [0.1, 0.15) is 17.3 Å². The van der Waals surface area contributed by atoms with Gasteiger partial charge >= 0.3 is 0 Å². The Hall–Kier alpha value is -3.21. The zero-order valence-corrected chi connectivity index (χ0v) is 13.5. The van der Waals surface area contributed by atoms with Gasteiger partial charge in [0, 0.05) is 29.8 Å². The van der Waals surface area contributed by atoms with E-state index in [1.54, 1.807) is 13.1 Å². The number of anilines is 1. The van der Waals surface area contributed by atoms with Gasteiger partial charge in [0.05, 0.1) is 11.9 Å². The summed E-state index contributed by atoms with van der Waals surface area (Å²) in [4.78, 5) is 27.3. The lowest BCUT2D eigenvalue weighted by molar-refractivity contribution is -0.111. The second-order valence-corrected chi connectivity index (χ2v) is 5.58. The van der Waals surface area contributed by atoms with Crippen molar-refractivity contribution in [3.63, 3.8) is 0 Å². The Kier molecular flexibility index (Phi) is 4.00. The van der Waals surface area contributed by atoms with E-state index in [1.807, 2.05) is 48.1 Å². The van der Waals surface area contributed by atoms with Crippen molar-refractivity contribution in [2.45, 2.75) is 6.92 Å². The summed E-state index contributed by atoms with van der Waals surface area (Å²) in [5.41, 5.74) is 4.08. The van der Waals surface area contributed by atoms with Crippen LogP contribution >= 0.6 is 0 Å². The molecule has 5 nitrogen and oxygen atoms in total. The lowest BCUT2D eigenvalue weighted by Gasteiger charge is -2.04. The number of hydrogen-bond acceptors (Lipinski definition) is 3. The molecule has 0 aliphatic heterocycles. The van der Waals surface area contributed by atoms with Crippen molar-refractivity contribution in [3.05, 3.63) is 60.9 Å². The van der Waals surface area contributed by atoms with Crippen molar-refractivity contribution in [1.29, 1.82) is 0 Å². The highest BCUT2D eigenvalue weighted by molar-refractivity contribution is 6.02. The predicted octanol–water partition coefficient (Wildman–Crippen LogP) is 3.57. The first kappa shape index (κ1) is 15.7. The third kappa shape index (κ3) is 2.84. The highest BCUT2D eigenvalue weighted by atomic mass is 16.1. The van der Waals surface area contributed by atoms with E-state index in [1.165, 1.54) is 6.08 Å². The van der Waals surface area contributed by atoms with E-state index >= 15 is 0 Å². The molecule has 3 rings (SSSR count). The van der Waals surface area contributed by atoms with Crippen molar-refractivity contribution in [2.75, 3.05) is 5.32 Å². The average molecular weight is 319 g/mol. The molecule has 0 bridgehead atoms. The predicted molar refractivity (Wildman–Crippen MR) is 95.0 cm³/mol. The number of carbonyl (C=O) groups excluding carboxylic acids is 2. The molecule has 0 radical (unpaired) electrons. The third-order valence-corrected chi connectivity index (χ3v) is 3.87. The van der Waals surface area contributed by atoms with Crippen molar-refractivity contribution in [1.82, 2.24) is 9.55 Å². The Morgan fingerprint density at radius 3 is 2.58 bits per heavy atom. The summed E-state index contributed by atoms with van der Waals surface area (Å²) in [5.74, 6) is -0.241. The molecular weight excluding hydrogens is 302 g/mol. The van der Waals surface area contributed by atoms with Gasteiger partial charge in [-0.3, -0.25) is 9.59 Å². The Balaban J connectivity index is 2.09. The number of ketones is 1. The first-order chi connectivity index (χ1) is 11.5. The molecule has 5 heteroatoms. The molecule has 0 aliphatic rings. The molecular formula is C19H17N3O2. The number of aryl methyl sites for hydroxylation is 1. The van der Waals surface area contributed by atoms with E-state index in [0.717, 1.165) is 22.2 Å². The fourth-order valence-electron chi connectivity index (χ4n) is 2.64. The van der Waals surface area contributed by atoms with Gasteiger partial charge in [-0.2, -0.15) is 0 Å². The second-order valence-electron chi connectivity index (χ2n) is 5.58. The standard InChI is InChI=1S/C19H17N3O2/c1-4-18(24)21-15-9-16-17(11-22(3)19(16)20-10-15)14-7-5-13(6-8-14)12(2)23/h4-11H,1H2,2-3H3,(H,21,24). The maximum Gasteiger partial charge on any atom is 0.247 e. The minimum atomic E-state index is -0.278. The van der Waals surface area contributed by atoms with Crippen LogP contribution in [0.5, 0.6) is 0 Å². The summed E-state index contributed by atoms with van der Waals surface area (Å²) in [6.45, 7) is 4.99. The molecule has 2 aromatic heterocycles. The van der Waals surface area contributed by atoms with Gasteiger partial charge in [0.2, 0.25) is 5.91 Å². The van der Waals surface area contributed by atoms with Crippen LogP contribution < -0.4 is 5.32 Å². The summed E-state index contributed by atoms with van der Waals surface area (Å²) >= 11 is 0. The molecule has 0 saturated carbocycles. The molecule has 3 aromatic rings. The van der Waals surface area contributed by atoms with Crippen LogP contribution in [0.25, 0.3) is 22.2 Å². The zero-order valence-electron chi connectivity index (χ0n) is 13.5. The number of amides is 1. The molecule has 2 heterocycles. The van der Waals surface area contributed by atoms with E-state index < -0.39 is 0 Å². The number of hydrogen-bond donors (Lipinski definition) is 1. The van der Waals surface area contributed by atoms with Crippen LogP contribution in [0.4, 0.5) is 5.69 Å². The van der Waals surface area contributed by atoms with E-state index in [4.69, 9.17) is 0 Å². The summed E-state index contributed by atoms with van der Waals surface area (Å²) in [6, 6.07) is 9.35. The van der Waals surface area contributed by atoms with Crippen LogP contribution in [0.3, 0.4) is 0 Å². The quantitative estimate of drug-likeness (QED) is 0.590. The summed E-state index contributed by atoms with van der Waals surface area (Å²) in [5, 5.41) is 3.65. The maximum atomic E-state index is 11.5. The van der Waals surface area contributed by atoms with Crippen molar-refractivity contribution < 1.29 is 9.59 Å². The van der Waals surface area contributed by atoms with Crippen molar-refractivity contribution in [3.8, 4) is 11.1 Å². The molecule has 0 unspecified atom stereocenters. The number of rotatable bonds is 4. The summed E-state index contributed by atoms with van der Waals surface area (Å²) in [7, 11) is 1.92. The normalized spacial score (nSPS) is 10.6. The Morgan fingerprint density at radius 1 is 1.25 bits per heavy atom. The molecule has 0 spiro atoms. The molecule has 0 fully saturated rings. The number of nitrogens with one attached hydrogen (secondary N) is 1.